The first-order valence-corrected chi connectivity index (χ1v) is 4.51. The van der Waals surface area contributed by atoms with E-state index in [1.807, 2.05) is 18.9 Å². The maximum Gasteiger partial charge on any atom is 0.141 e. The van der Waals surface area contributed by atoms with Crippen molar-refractivity contribution in [3.63, 3.8) is 0 Å². The molecule has 1 heterocycles. The molecular formula is C9H16N4O. The van der Waals surface area contributed by atoms with Gasteiger partial charge < -0.3 is 10.8 Å². The van der Waals surface area contributed by atoms with Gasteiger partial charge in [-0.3, -0.25) is 9.88 Å². The topological polar surface area (TPSA) is 75.3 Å². The molecule has 1 atom stereocenters. The Morgan fingerprint density at radius 3 is 2.71 bits per heavy atom. The summed E-state index contributed by atoms with van der Waals surface area (Å²) in [4.78, 5) is 10.1. The number of nitrogens with zero attached hydrogens (tertiary/aromatic N) is 3. The monoisotopic (exact) mass is 196 g/mol. The molecule has 78 valence electrons. The lowest BCUT2D eigenvalue weighted by atomic mass is 10.3. The Morgan fingerprint density at radius 2 is 2.21 bits per heavy atom. The van der Waals surface area contributed by atoms with Gasteiger partial charge in [0.2, 0.25) is 0 Å². The molecule has 0 fully saturated rings. The van der Waals surface area contributed by atoms with Crippen LogP contribution in [0.1, 0.15) is 12.6 Å². The van der Waals surface area contributed by atoms with Crippen LogP contribution in [0.15, 0.2) is 12.4 Å². The number of rotatable bonds is 4. The SMILES string of the molecule is CC(CO)N(C)Cc1cnc(N)cn1. The first kappa shape index (κ1) is 10.9. The smallest absolute Gasteiger partial charge is 0.141 e. The van der Waals surface area contributed by atoms with Crippen molar-refractivity contribution in [2.24, 2.45) is 0 Å². The van der Waals surface area contributed by atoms with E-state index in [0.717, 1.165) is 5.69 Å². The molecule has 1 aromatic rings. The predicted octanol–water partition coefficient (Wildman–Crippen LogP) is -0.129. The van der Waals surface area contributed by atoms with Gasteiger partial charge in [-0.25, -0.2) is 4.98 Å². The molecule has 1 aromatic heterocycles. The third kappa shape index (κ3) is 2.93. The van der Waals surface area contributed by atoms with E-state index in [9.17, 15) is 0 Å². The number of nitrogens with two attached hydrogens (primary N) is 1. The molecule has 0 aliphatic rings. The average molecular weight is 196 g/mol. The summed E-state index contributed by atoms with van der Waals surface area (Å²) in [5, 5.41) is 8.93. The van der Waals surface area contributed by atoms with Crippen LogP contribution in [-0.4, -0.2) is 39.7 Å². The fourth-order valence-corrected chi connectivity index (χ4v) is 0.997. The van der Waals surface area contributed by atoms with Crippen LogP contribution in [0.25, 0.3) is 0 Å². The fourth-order valence-electron chi connectivity index (χ4n) is 0.997. The Morgan fingerprint density at radius 1 is 1.50 bits per heavy atom. The van der Waals surface area contributed by atoms with Crippen LogP contribution >= 0.6 is 0 Å². The second-order valence-electron chi connectivity index (χ2n) is 3.38. The minimum Gasteiger partial charge on any atom is -0.395 e. The highest BCUT2D eigenvalue weighted by Crippen LogP contribution is 2.03. The number of aromatic nitrogens is 2. The van der Waals surface area contributed by atoms with Crippen LogP contribution in [0.4, 0.5) is 5.82 Å². The van der Waals surface area contributed by atoms with Gasteiger partial charge in [0.05, 0.1) is 24.7 Å². The minimum absolute atomic E-state index is 0.120. The standard InChI is InChI=1S/C9H16N4O/c1-7(6-14)13(2)5-8-3-12-9(10)4-11-8/h3-4,7,14H,5-6H2,1-2H3,(H2,10,12). The van der Waals surface area contributed by atoms with Crippen LogP contribution in [0.5, 0.6) is 0 Å². The fraction of sp³-hybridized carbons (Fsp3) is 0.556. The number of hydrogen-bond donors (Lipinski definition) is 2. The molecule has 14 heavy (non-hydrogen) atoms. The molecule has 0 aliphatic carbocycles. The van der Waals surface area contributed by atoms with Crippen molar-refractivity contribution in [3.05, 3.63) is 18.1 Å². The van der Waals surface area contributed by atoms with Gasteiger partial charge in [0.25, 0.3) is 0 Å². The van der Waals surface area contributed by atoms with Crippen LogP contribution in [-0.2, 0) is 6.54 Å². The van der Waals surface area contributed by atoms with Gasteiger partial charge in [-0.15, -0.1) is 0 Å². The second kappa shape index (κ2) is 4.88. The summed E-state index contributed by atoms with van der Waals surface area (Å²) >= 11 is 0. The maximum absolute atomic E-state index is 8.93. The number of likely N-dealkylation sites (N-methyl/N-ethyl adjacent to an activating group) is 1. The average Bonchev–Trinajstić information content (AvgIpc) is 2.20. The Hall–Kier alpha value is -1.20. The third-order valence-corrected chi connectivity index (χ3v) is 2.15. The summed E-state index contributed by atoms with van der Waals surface area (Å²) in [6, 6.07) is 0.120. The van der Waals surface area contributed by atoms with Gasteiger partial charge >= 0.3 is 0 Å². The molecule has 0 radical (unpaired) electrons. The van der Waals surface area contributed by atoms with Crippen LogP contribution in [0, 0.1) is 0 Å². The quantitative estimate of drug-likeness (QED) is 0.701. The van der Waals surface area contributed by atoms with Crippen molar-refractivity contribution in [2.75, 3.05) is 19.4 Å². The normalized spacial score (nSPS) is 13.1. The number of nitrogen functional groups attached to an aromatic ring is 1. The van der Waals surface area contributed by atoms with Crippen molar-refractivity contribution in [3.8, 4) is 0 Å². The van der Waals surface area contributed by atoms with E-state index >= 15 is 0 Å². The highest BCUT2D eigenvalue weighted by Gasteiger charge is 2.08. The van der Waals surface area contributed by atoms with Crippen LogP contribution in [0.2, 0.25) is 0 Å². The first-order valence-electron chi connectivity index (χ1n) is 4.51. The molecule has 1 rings (SSSR count). The Kier molecular flexibility index (Phi) is 3.79. The summed E-state index contributed by atoms with van der Waals surface area (Å²) in [5.41, 5.74) is 6.27. The molecule has 5 nitrogen and oxygen atoms in total. The first-order chi connectivity index (χ1) is 6.63. The van der Waals surface area contributed by atoms with Crippen molar-refractivity contribution >= 4 is 5.82 Å². The van der Waals surface area contributed by atoms with Crippen molar-refractivity contribution in [1.82, 2.24) is 14.9 Å². The van der Waals surface area contributed by atoms with Gasteiger partial charge in [0.15, 0.2) is 0 Å². The molecule has 0 bridgehead atoms. The zero-order valence-electron chi connectivity index (χ0n) is 8.51. The van der Waals surface area contributed by atoms with Crippen molar-refractivity contribution in [1.29, 1.82) is 0 Å². The van der Waals surface area contributed by atoms with E-state index in [2.05, 4.69) is 9.97 Å². The lowest BCUT2D eigenvalue weighted by molar-refractivity contribution is 0.153. The van der Waals surface area contributed by atoms with Crippen LogP contribution in [0.3, 0.4) is 0 Å². The van der Waals surface area contributed by atoms with Crippen LogP contribution < -0.4 is 5.73 Å². The van der Waals surface area contributed by atoms with Crippen molar-refractivity contribution < 1.29 is 5.11 Å². The van der Waals surface area contributed by atoms with E-state index in [4.69, 9.17) is 10.8 Å². The van der Waals surface area contributed by atoms with Gasteiger partial charge in [-0.2, -0.15) is 0 Å². The number of aliphatic hydroxyl groups excluding tert-OH is 1. The number of aliphatic hydroxyl groups is 1. The zero-order chi connectivity index (χ0) is 10.6. The second-order valence-corrected chi connectivity index (χ2v) is 3.38. The molecule has 0 saturated heterocycles. The molecule has 0 amide bonds. The predicted molar refractivity (Wildman–Crippen MR) is 54.5 cm³/mol. The zero-order valence-corrected chi connectivity index (χ0v) is 8.51. The maximum atomic E-state index is 8.93. The Bertz CT molecular complexity index is 275. The van der Waals surface area contributed by atoms with Gasteiger partial charge in [-0.05, 0) is 14.0 Å². The van der Waals surface area contributed by atoms with E-state index in [0.29, 0.717) is 12.4 Å². The van der Waals surface area contributed by atoms with Gasteiger partial charge in [0, 0.05) is 12.6 Å². The number of hydrogen-bond acceptors (Lipinski definition) is 5. The Balaban J connectivity index is 2.56. The minimum atomic E-state index is 0.120. The highest BCUT2D eigenvalue weighted by molar-refractivity contribution is 5.22. The lowest BCUT2D eigenvalue weighted by Crippen LogP contribution is -2.31. The molecule has 0 spiro atoms. The molecule has 3 N–H and O–H groups in total. The molecule has 0 saturated carbocycles. The summed E-state index contributed by atoms with van der Waals surface area (Å²) < 4.78 is 0. The summed E-state index contributed by atoms with van der Waals surface area (Å²) in [7, 11) is 1.93. The molecule has 5 heteroatoms. The van der Waals surface area contributed by atoms with E-state index in [1.54, 1.807) is 6.20 Å². The molecule has 0 aromatic carbocycles. The van der Waals surface area contributed by atoms with E-state index < -0.39 is 0 Å². The van der Waals surface area contributed by atoms with Gasteiger partial charge in [0.1, 0.15) is 5.82 Å². The largest absolute Gasteiger partial charge is 0.395 e. The van der Waals surface area contributed by atoms with E-state index in [1.165, 1.54) is 6.20 Å². The highest BCUT2D eigenvalue weighted by atomic mass is 16.3. The summed E-state index contributed by atoms with van der Waals surface area (Å²) in [6.07, 6.45) is 3.18. The molecule has 0 aliphatic heterocycles. The van der Waals surface area contributed by atoms with Gasteiger partial charge in [-0.1, -0.05) is 0 Å². The molecular weight excluding hydrogens is 180 g/mol. The summed E-state index contributed by atoms with van der Waals surface area (Å²) in [5.74, 6) is 0.423. The molecule has 1 unspecified atom stereocenters. The number of anilines is 1. The summed E-state index contributed by atoms with van der Waals surface area (Å²) in [6.45, 7) is 2.75. The third-order valence-electron chi connectivity index (χ3n) is 2.15. The van der Waals surface area contributed by atoms with Crippen molar-refractivity contribution in [2.45, 2.75) is 19.5 Å². The lowest BCUT2D eigenvalue weighted by Gasteiger charge is -2.21. The Labute approximate surface area is 83.6 Å². The van der Waals surface area contributed by atoms with E-state index in [-0.39, 0.29) is 12.6 Å².